The quantitative estimate of drug-likeness (QED) is 0.800. The summed E-state index contributed by atoms with van der Waals surface area (Å²) in [6, 6.07) is 0.822. The number of hydrogen-bond acceptors (Lipinski definition) is 3. The summed E-state index contributed by atoms with van der Waals surface area (Å²) in [5.41, 5.74) is 1.23. The molecule has 2 aliphatic rings. The lowest BCUT2D eigenvalue weighted by atomic mass is 9.90. The molecule has 0 N–H and O–H groups in total. The maximum atomic E-state index is 5.88. The molecule has 1 saturated carbocycles. The molecule has 1 aliphatic carbocycles. The van der Waals surface area contributed by atoms with Crippen LogP contribution in [0, 0.1) is 0 Å². The predicted molar refractivity (Wildman–Crippen MR) is 65.8 cm³/mol. The Kier molecular flexibility index (Phi) is 3.16. The van der Waals surface area contributed by atoms with Crippen molar-refractivity contribution in [2.45, 2.75) is 44.9 Å². The second-order valence-electron chi connectivity index (χ2n) is 5.07. The first-order chi connectivity index (χ1) is 8.36. The molecule has 1 aliphatic heterocycles. The Balaban J connectivity index is 1.66. The van der Waals surface area contributed by atoms with E-state index in [4.69, 9.17) is 4.74 Å². The summed E-state index contributed by atoms with van der Waals surface area (Å²) in [5.74, 6) is 0. The van der Waals surface area contributed by atoms with E-state index in [2.05, 4.69) is 23.1 Å². The maximum Gasteiger partial charge on any atom is 0.0982 e. The van der Waals surface area contributed by atoms with Gasteiger partial charge in [0.1, 0.15) is 0 Å². The van der Waals surface area contributed by atoms with Crippen molar-refractivity contribution in [3.8, 4) is 0 Å². The number of ether oxygens (including phenoxy) is 1. The Morgan fingerprint density at radius 2 is 2.35 bits per heavy atom. The van der Waals surface area contributed by atoms with Crippen LogP contribution >= 0.6 is 0 Å². The molecule has 1 saturated heterocycles. The molecule has 1 unspecified atom stereocenters. The molecule has 0 aromatic carbocycles. The number of hydrogen-bond donors (Lipinski definition) is 0. The molecule has 17 heavy (non-hydrogen) atoms. The Labute approximate surface area is 103 Å². The highest BCUT2D eigenvalue weighted by molar-refractivity contribution is 5.10. The fourth-order valence-corrected chi connectivity index (χ4v) is 2.67. The number of aryl methyl sites for hydroxylation is 1. The van der Waals surface area contributed by atoms with Crippen LogP contribution in [-0.4, -0.2) is 40.4 Å². The van der Waals surface area contributed by atoms with Crippen LogP contribution in [0.2, 0.25) is 0 Å². The molecule has 1 atom stereocenters. The van der Waals surface area contributed by atoms with Crippen LogP contribution in [0.1, 0.15) is 37.9 Å². The monoisotopic (exact) mass is 235 g/mol. The van der Waals surface area contributed by atoms with E-state index in [1.54, 1.807) is 0 Å². The second-order valence-corrected chi connectivity index (χ2v) is 5.07. The van der Waals surface area contributed by atoms with Crippen molar-refractivity contribution in [2.75, 3.05) is 19.7 Å². The second kappa shape index (κ2) is 4.78. The van der Waals surface area contributed by atoms with Gasteiger partial charge in [0.15, 0.2) is 0 Å². The topological polar surface area (TPSA) is 30.3 Å². The van der Waals surface area contributed by atoms with Crippen LogP contribution in [0.5, 0.6) is 0 Å². The van der Waals surface area contributed by atoms with Crippen molar-refractivity contribution in [1.82, 2.24) is 14.7 Å². The van der Waals surface area contributed by atoms with Crippen molar-refractivity contribution in [1.29, 1.82) is 0 Å². The molecule has 4 nitrogen and oxygen atoms in total. The molecule has 3 rings (SSSR count). The lowest BCUT2D eigenvalue weighted by Gasteiger charge is -2.42. The molecule has 2 fully saturated rings. The molecular weight excluding hydrogens is 214 g/mol. The molecule has 0 bridgehead atoms. The SMILES string of the molecule is CCn1cc(C2CN(C3CCC3)CCO2)cn1. The minimum atomic E-state index is 0.227. The van der Waals surface area contributed by atoms with Crippen molar-refractivity contribution in [3.63, 3.8) is 0 Å². The summed E-state index contributed by atoms with van der Waals surface area (Å²) in [7, 11) is 0. The Bertz CT molecular complexity index is 372. The zero-order valence-electron chi connectivity index (χ0n) is 10.5. The fraction of sp³-hybridized carbons (Fsp3) is 0.769. The van der Waals surface area contributed by atoms with Crippen molar-refractivity contribution < 1.29 is 4.74 Å². The van der Waals surface area contributed by atoms with Crippen LogP contribution < -0.4 is 0 Å². The van der Waals surface area contributed by atoms with E-state index in [1.165, 1.54) is 24.8 Å². The van der Waals surface area contributed by atoms with Gasteiger partial charge in [-0.1, -0.05) is 6.42 Å². The Morgan fingerprint density at radius 1 is 1.47 bits per heavy atom. The van der Waals surface area contributed by atoms with E-state index in [9.17, 15) is 0 Å². The van der Waals surface area contributed by atoms with Gasteiger partial charge < -0.3 is 4.74 Å². The fourth-order valence-electron chi connectivity index (χ4n) is 2.67. The maximum absolute atomic E-state index is 5.88. The average molecular weight is 235 g/mol. The molecule has 0 radical (unpaired) electrons. The zero-order chi connectivity index (χ0) is 11.7. The van der Waals surface area contributed by atoms with Gasteiger partial charge in [0.2, 0.25) is 0 Å². The number of nitrogens with zero attached hydrogens (tertiary/aromatic N) is 3. The third-order valence-electron chi connectivity index (χ3n) is 4.04. The summed E-state index contributed by atoms with van der Waals surface area (Å²) in [5, 5.41) is 4.33. The van der Waals surface area contributed by atoms with Gasteiger partial charge in [0, 0.05) is 37.4 Å². The van der Waals surface area contributed by atoms with Gasteiger partial charge in [-0.3, -0.25) is 9.58 Å². The van der Waals surface area contributed by atoms with Gasteiger partial charge in [-0.05, 0) is 19.8 Å². The Morgan fingerprint density at radius 3 is 3.00 bits per heavy atom. The Hall–Kier alpha value is -0.870. The van der Waals surface area contributed by atoms with Crippen LogP contribution in [0.4, 0.5) is 0 Å². The van der Waals surface area contributed by atoms with E-state index >= 15 is 0 Å². The van der Waals surface area contributed by atoms with Crippen LogP contribution in [-0.2, 0) is 11.3 Å². The highest BCUT2D eigenvalue weighted by atomic mass is 16.5. The first kappa shape index (κ1) is 11.2. The van der Waals surface area contributed by atoms with Crippen molar-refractivity contribution >= 4 is 0 Å². The zero-order valence-corrected chi connectivity index (χ0v) is 10.5. The third kappa shape index (κ3) is 2.24. The third-order valence-corrected chi connectivity index (χ3v) is 4.04. The van der Waals surface area contributed by atoms with Crippen LogP contribution in [0.25, 0.3) is 0 Å². The van der Waals surface area contributed by atoms with E-state index in [0.29, 0.717) is 0 Å². The number of rotatable bonds is 3. The molecule has 0 spiro atoms. The standard InChI is InChI=1S/C13H21N3O/c1-2-16-9-11(8-14-16)13-10-15(6-7-17-13)12-4-3-5-12/h8-9,12-13H,2-7,10H2,1H3. The summed E-state index contributed by atoms with van der Waals surface area (Å²) >= 11 is 0. The van der Waals surface area contributed by atoms with Gasteiger partial charge in [-0.25, -0.2) is 0 Å². The molecule has 0 amide bonds. The highest BCUT2D eigenvalue weighted by Crippen LogP contribution is 2.30. The lowest BCUT2D eigenvalue weighted by molar-refractivity contribution is -0.0566. The number of aromatic nitrogens is 2. The average Bonchev–Trinajstić information content (AvgIpc) is 2.75. The minimum Gasteiger partial charge on any atom is -0.371 e. The molecule has 4 heteroatoms. The normalized spacial score (nSPS) is 27.0. The van der Waals surface area contributed by atoms with E-state index in [0.717, 1.165) is 32.3 Å². The molecule has 2 heterocycles. The number of morpholine rings is 1. The van der Waals surface area contributed by atoms with Crippen LogP contribution in [0.15, 0.2) is 12.4 Å². The van der Waals surface area contributed by atoms with Crippen LogP contribution in [0.3, 0.4) is 0 Å². The summed E-state index contributed by atoms with van der Waals surface area (Å²) in [6.07, 6.45) is 8.46. The summed E-state index contributed by atoms with van der Waals surface area (Å²) in [6.45, 7) is 6.04. The van der Waals surface area contributed by atoms with E-state index in [-0.39, 0.29) is 6.10 Å². The van der Waals surface area contributed by atoms with E-state index < -0.39 is 0 Å². The van der Waals surface area contributed by atoms with Gasteiger partial charge in [0.25, 0.3) is 0 Å². The summed E-state index contributed by atoms with van der Waals surface area (Å²) in [4.78, 5) is 2.60. The highest BCUT2D eigenvalue weighted by Gasteiger charge is 2.30. The smallest absolute Gasteiger partial charge is 0.0982 e. The van der Waals surface area contributed by atoms with Crippen molar-refractivity contribution in [3.05, 3.63) is 18.0 Å². The van der Waals surface area contributed by atoms with Gasteiger partial charge in [-0.15, -0.1) is 0 Å². The largest absolute Gasteiger partial charge is 0.371 e. The first-order valence-corrected chi connectivity index (χ1v) is 6.75. The minimum absolute atomic E-state index is 0.227. The molecular formula is C13H21N3O. The van der Waals surface area contributed by atoms with Gasteiger partial charge in [0.05, 0.1) is 18.9 Å². The predicted octanol–water partition coefficient (Wildman–Crippen LogP) is 1.83. The van der Waals surface area contributed by atoms with E-state index in [1.807, 2.05) is 10.9 Å². The first-order valence-electron chi connectivity index (χ1n) is 6.75. The summed E-state index contributed by atoms with van der Waals surface area (Å²) < 4.78 is 7.85. The lowest BCUT2D eigenvalue weighted by Crippen LogP contribution is -2.47. The molecule has 1 aromatic rings. The molecule has 1 aromatic heterocycles. The van der Waals surface area contributed by atoms with Gasteiger partial charge in [-0.2, -0.15) is 5.10 Å². The molecule has 94 valence electrons. The van der Waals surface area contributed by atoms with Crippen molar-refractivity contribution in [2.24, 2.45) is 0 Å². The van der Waals surface area contributed by atoms with Gasteiger partial charge >= 0.3 is 0 Å².